The average molecular weight is 264 g/mol. The van der Waals surface area contributed by atoms with Crippen LogP contribution in [0.3, 0.4) is 0 Å². The van der Waals surface area contributed by atoms with Crippen LogP contribution in [-0.2, 0) is 0 Å². The third-order valence-electron chi connectivity index (χ3n) is 2.28. The number of nitrogens with zero attached hydrogens (tertiary/aromatic N) is 1. The van der Waals surface area contributed by atoms with Gasteiger partial charge in [0.05, 0.1) is 11.5 Å². The highest BCUT2D eigenvalue weighted by molar-refractivity contribution is 6.01. The van der Waals surface area contributed by atoms with Gasteiger partial charge in [0.15, 0.2) is 5.56 Å². The third kappa shape index (κ3) is 3.80. The van der Waals surface area contributed by atoms with E-state index in [0.29, 0.717) is 6.61 Å². The van der Waals surface area contributed by atoms with Gasteiger partial charge in [-0.25, -0.2) is 0 Å². The summed E-state index contributed by atoms with van der Waals surface area (Å²) < 4.78 is 5.27. The molecule has 1 amide bonds. The standard InChI is InChI=1S/C13H16N2O4/c1-4-19-11-7-5-6-10(15(17)18)12(11)13(16)14-8-9(2)3/h5-7H,2,4,8H2,1,3H3,(H,14,16). The van der Waals surface area contributed by atoms with Gasteiger partial charge in [-0.15, -0.1) is 0 Å². The van der Waals surface area contributed by atoms with E-state index in [4.69, 9.17) is 4.74 Å². The second-order valence-corrected chi connectivity index (χ2v) is 3.98. The lowest BCUT2D eigenvalue weighted by atomic mass is 10.1. The minimum absolute atomic E-state index is 0.0596. The maximum Gasteiger partial charge on any atom is 0.285 e. The third-order valence-corrected chi connectivity index (χ3v) is 2.28. The van der Waals surface area contributed by atoms with Gasteiger partial charge in [-0.2, -0.15) is 0 Å². The molecule has 0 aliphatic rings. The summed E-state index contributed by atoms with van der Waals surface area (Å²) in [5.41, 5.74) is 0.422. The molecule has 0 atom stereocenters. The van der Waals surface area contributed by atoms with E-state index in [1.54, 1.807) is 13.8 Å². The largest absolute Gasteiger partial charge is 0.493 e. The predicted molar refractivity (Wildman–Crippen MR) is 71.4 cm³/mol. The van der Waals surface area contributed by atoms with Crippen LogP contribution in [0.15, 0.2) is 30.4 Å². The van der Waals surface area contributed by atoms with E-state index in [2.05, 4.69) is 11.9 Å². The topological polar surface area (TPSA) is 81.5 Å². The summed E-state index contributed by atoms with van der Waals surface area (Å²) in [5, 5.41) is 13.5. The number of rotatable bonds is 6. The molecule has 0 saturated carbocycles. The van der Waals surface area contributed by atoms with E-state index in [-0.39, 0.29) is 23.5 Å². The van der Waals surface area contributed by atoms with Gasteiger partial charge in [0.25, 0.3) is 11.6 Å². The van der Waals surface area contributed by atoms with Crippen molar-refractivity contribution in [3.63, 3.8) is 0 Å². The Kier molecular flexibility index (Phi) is 5.05. The quantitative estimate of drug-likeness (QED) is 0.485. The van der Waals surface area contributed by atoms with Gasteiger partial charge in [-0.05, 0) is 19.9 Å². The Balaban J connectivity index is 3.16. The molecule has 0 saturated heterocycles. The number of nitrogens with one attached hydrogen (secondary N) is 1. The Labute approximate surface area is 111 Å². The van der Waals surface area contributed by atoms with Crippen LogP contribution < -0.4 is 10.1 Å². The predicted octanol–water partition coefficient (Wildman–Crippen LogP) is 2.30. The van der Waals surface area contributed by atoms with Crippen LogP contribution in [0.5, 0.6) is 5.75 Å². The minimum Gasteiger partial charge on any atom is -0.493 e. The van der Waals surface area contributed by atoms with E-state index >= 15 is 0 Å². The second kappa shape index (κ2) is 6.53. The molecule has 1 N–H and O–H groups in total. The first kappa shape index (κ1) is 14.7. The van der Waals surface area contributed by atoms with Gasteiger partial charge in [-0.3, -0.25) is 14.9 Å². The average Bonchev–Trinajstić information content (AvgIpc) is 2.36. The lowest BCUT2D eigenvalue weighted by Crippen LogP contribution is -2.26. The maximum atomic E-state index is 12.0. The van der Waals surface area contributed by atoms with Gasteiger partial charge in [0.1, 0.15) is 5.75 Å². The number of carbonyl (C=O) groups excluding carboxylic acids is 1. The molecule has 0 fully saturated rings. The summed E-state index contributed by atoms with van der Waals surface area (Å²) >= 11 is 0. The van der Waals surface area contributed by atoms with Crippen molar-refractivity contribution >= 4 is 11.6 Å². The monoisotopic (exact) mass is 264 g/mol. The van der Waals surface area contributed by atoms with Gasteiger partial charge >= 0.3 is 0 Å². The normalized spacial score (nSPS) is 9.79. The van der Waals surface area contributed by atoms with Crippen molar-refractivity contribution in [2.24, 2.45) is 0 Å². The van der Waals surface area contributed by atoms with E-state index < -0.39 is 10.8 Å². The Morgan fingerprint density at radius 1 is 1.53 bits per heavy atom. The summed E-state index contributed by atoms with van der Waals surface area (Å²) in [6.45, 7) is 7.74. The fourth-order valence-corrected chi connectivity index (χ4v) is 1.50. The maximum absolute atomic E-state index is 12.0. The van der Waals surface area contributed by atoms with E-state index in [9.17, 15) is 14.9 Å². The van der Waals surface area contributed by atoms with E-state index in [0.717, 1.165) is 5.57 Å². The second-order valence-electron chi connectivity index (χ2n) is 3.98. The smallest absolute Gasteiger partial charge is 0.285 e. The molecule has 0 aliphatic heterocycles. The number of hydrogen-bond donors (Lipinski definition) is 1. The fourth-order valence-electron chi connectivity index (χ4n) is 1.50. The van der Waals surface area contributed by atoms with Crippen LogP contribution in [0.1, 0.15) is 24.2 Å². The highest BCUT2D eigenvalue weighted by Crippen LogP contribution is 2.28. The molecule has 0 spiro atoms. The van der Waals surface area contributed by atoms with Crippen LogP contribution >= 0.6 is 0 Å². The Morgan fingerprint density at radius 3 is 2.74 bits per heavy atom. The molecule has 19 heavy (non-hydrogen) atoms. The number of amides is 1. The van der Waals surface area contributed by atoms with E-state index in [1.807, 2.05) is 0 Å². The van der Waals surface area contributed by atoms with Crippen LogP contribution in [0, 0.1) is 10.1 Å². The molecule has 0 unspecified atom stereocenters. The van der Waals surface area contributed by atoms with Gasteiger partial charge in [-0.1, -0.05) is 18.2 Å². The van der Waals surface area contributed by atoms with Crippen molar-refractivity contribution in [1.29, 1.82) is 0 Å². The molecular weight excluding hydrogens is 248 g/mol. The highest BCUT2D eigenvalue weighted by atomic mass is 16.6. The van der Waals surface area contributed by atoms with Gasteiger partial charge in [0, 0.05) is 12.6 Å². The summed E-state index contributed by atoms with van der Waals surface area (Å²) in [6, 6.07) is 4.29. The van der Waals surface area contributed by atoms with Crippen LogP contribution in [0.2, 0.25) is 0 Å². The molecule has 1 aromatic rings. The Bertz CT molecular complexity index is 511. The lowest BCUT2D eigenvalue weighted by molar-refractivity contribution is -0.385. The SMILES string of the molecule is C=C(C)CNC(=O)c1c(OCC)cccc1[N+](=O)[O-]. The van der Waals surface area contributed by atoms with Crippen LogP contribution in [-0.4, -0.2) is 24.0 Å². The zero-order chi connectivity index (χ0) is 14.4. The first-order valence-corrected chi connectivity index (χ1v) is 5.80. The number of ether oxygens (including phenoxy) is 1. The summed E-state index contributed by atoms with van der Waals surface area (Å²) in [5.74, 6) is -0.338. The van der Waals surface area contributed by atoms with Crippen LogP contribution in [0.25, 0.3) is 0 Å². The molecule has 1 rings (SSSR count). The number of nitro groups is 1. The van der Waals surface area contributed by atoms with Crippen molar-refractivity contribution in [2.75, 3.05) is 13.2 Å². The van der Waals surface area contributed by atoms with Crippen molar-refractivity contribution in [2.45, 2.75) is 13.8 Å². The number of hydrogen-bond acceptors (Lipinski definition) is 4. The molecule has 102 valence electrons. The summed E-state index contributed by atoms with van der Waals surface area (Å²) in [7, 11) is 0. The molecule has 0 bridgehead atoms. The van der Waals surface area contributed by atoms with Crippen molar-refractivity contribution < 1.29 is 14.5 Å². The van der Waals surface area contributed by atoms with E-state index in [1.165, 1.54) is 18.2 Å². The first-order chi connectivity index (χ1) is 8.97. The van der Waals surface area contributed by atoms with Crippen molar-refractivity contribution in [1.82, 2.24) is 5.32 Å². The summed E-state index contributed by atoms with van der Waals surface area (Å²) in [4.78, 5) is 22.4. The number of benzene rings is 1. The number of carbonyl (C=O) groups is 1. The molecule has 6 nitrogen and oxygen atoms in total. The minimum atomic E-state index is -0.599. The first-order valence-electron chi connectivity index (χ1n) is 5.80. The van der Waals surface area contributed by atoms with Gasteiger partial charge in [0.2, 0.25) is 0 Å². The number of nitro benzene ring substituents is 1. The molecule has 0 radical (unpaired) electrons. The zero-order valence-corrected chi connectivity index (χ0v) is 10.9. The molecule has 6 heteroatoms. The Morgan fingerprint density at radius 2 is 2.21 bits per heavy atom. The highest BCUT2D eigenvalue weighted by Gasteiger charge is 2.24. The van der Waals surface area contributed by atoms with Crippen molar-refractivity contribution in [3.05, 3.63) is 46.0 Å². The molecule has 0 aromatic heterocycles. The van der Waals surface area contributed by atoms with Crippen molar-refractivity contribution in [3.8, 4) is 5.75 Å². The summed E-state index contributed by atoms with van der Waals surface area (Å²) in [6.07, 6.45) is 0. The molecule has 0 aliphatic carbocycles. The molecule has 0 heterocycles. The Hall–Kier alpha value is -2.37. The molecular formula is C13H16N2O4. The zero-order valence-electron chi connectivity index (χ0n) is 10.9. The van der Waals surface area contributed by atoms with Crippen LogP contribution in [0.4, 0.5) is 5.69 Å². The fraction of sp³-hybridized carbons (Fsp3) is 0.308. The molecule has 1 aromatic carbocycles. The lowest BCUT2D eigenvalue weighted by Gasteiger charge is -2.10. The van der Waals surface area contributed by atoms with Gasteiger partial charge < -0.3 is 10.1 Å².